The van der Waals surface area contributed by atoms with E-state index in [1.807, 2.05) is 24.4 Å². The molecular weight excluding hydrogens is 500 g/mol. The van der Waals surface area contributed by atoms with Crippen LogP contribution >= 0.6 is 0 Å². The Labute approximate surface area is 236 Å². The van der Waals surface area contributed by atoms with Gasteiger partial charge in [-0.2, -0.15) is 0 Å². The minimum absolute atomic E-state index is 0.903. The summed E-state index contributed by atoms with van der Waals surface area (Å²) in [5.74, 6) is 1.81. The van der Waals surface area contributed by atoms with Crippen LogP contribution in [0, 0.1) is 0 Å². The number of hydrogen-bond donors (Lipinski definition) is 0. The molecule has 1 aliphatic heterocycles. The van der Waals surface area contributed by atoms with E-state index in [1.54, 1.807) is 0 Å². The maximum atomic E-state index is 6.36. The summed E-state index contributed by atoms with van der Waals surface area (Å²) < 4.78 is 6.36. The van der Waals surface area contributed by atoms with Gasteiger partial charge in [0.2, 0.25) is 0 Å². The first-order valence-electron chi connectivity index (χ1n) is 13.8. The number of aromatic nitrogens is 2. The Morgan fingerprint density at radius 3 is 2.02 bits per heavy atom. The number of rotatable bonds is 2. The van der Waals surface area contributed by atoms with E-state index in [2.05, 4.69) is 114 Å². The number of benzene rings is 6. The van der Waals surface area contributed by atoms with Gasteiger partial charge in [0.1, 0.15) is 11.5 Å². The summed E-state index contributed by atoms with van der Waals surface area (Å²) >= 11 is 0. The zero-order valence-electron chi connectivity index (χ0n) is 22.0. The van der Waals surface area contributed by atoms with Crippen LogP contribution < -0.4 is 4.74 Å². The fourth-order valence-electron chi connectivity index (χ4n) is 6.45. The molecule has 6 aromatic carbocycles. The zero-order chi connectivity index (χ0) is 26.9. The first-order valence-corrected chi connectivity index (χ1v) is 13.8. The molecule has 0 aliphatic carbocycles. The smallest absolute Gasteiger partial charge is 0.135 e. The predicted molar refractivity (Wildman–Crippen MR) is 168 cm³/mol. The number of para-hydroxylation sites is 1. The van der Waals surface area contributed by atoms with E-state index in [4.69, 9.17) is 9.72 Å². The number of nitrogens with zero attached hydrogens (tertiary/aromatic N) is 2. The molecule has 0 saturated carbocycles. The Bertz CT molecular complexity index is 2360. The normalized spacial score (nSPS) is 12.1. The largest absolute Gasteiger partial charge is 0.456 e. The fraction of sp³-hybridized carbons (Fsp3) is 0. The number of ether oxygens (including phenoxy) is 1. The van der Waals surface area contributed by atoms with Crippen molar-refractivity contribution >= 4 is 43.4 Å². The van der Waals surface area contributed by atoms with Crippen LogP contribution in [0.4, 0.5) is 0 Å². The van der Waals surface area contributed by atoms with Crippen LogP contribution in [0.25, 0.3) is 76.9 Å². The van der Waals surface area contributed by atoms with Crippen LogP contribution in [0.15, 0.2) is 134 Å². The maximum absolute atomic E-state index is 6.36. The summed E-state index contributed by atoms with van der Waals surface area (Å²) in [5.41, 5.74) is 8.64. The van der Waals surface area contributed by atoms with Gasteiger partial charge in [-0.25, -0.2) is 4.98 Å². The second kappa shape index (κ2) is 8.48. The van der Waals surface area contributed by atoms with Crippen molar-refractivity contribution in [1.82, 2.24) is 9.97 Å². The van der Waals surface area contributed by atoms with Crippen LogP contribution in [-0.4, -0.2) is 9.97 Å². The first-order chi connectivity index (χ1) is 20.3. The number of pyridine rings is 2. The third kappa shape index (κ3) is 3.26. The van der Waals surface area contributed by atoms with Gasteiger partial charge in [0, 0.05) is 33.5 Å². The van der Waals surface area contributed by atoms with Gasteiger partial charge in [-0.3, -0.25) is 4.98 Å². The van der Waals surface area contributed by atoms with Crippen molar-refractivity contribution in [3.05, 3.63) is 134 Å². The molecule has 0 radical (unpaired) electrons. The minimum Gasteiger partial charge on any atom is -0.456 e. The lowest BCUT2D eigenvalue weighted by atomic mass is 9.88. The van der Waals surface area contributed by atoms with Gasteiger partial charge in [0.25, 0.3) is 0 Å². The maximum Gasteiger partial charge on any atom is 0.135 e. The standard InChI is InChI=1S/C38H22N2O/c1-2-9-26-25(8-1)27(17-18-29(26)33-20-16-24-15-14-23-7-6-22-39-37(23)38(24)40-33)28-19-21-35-36-31(28)11-5-12-32(36)30-10-3-4-13-34(30)41-35/h1-22H. The van der Waals surface area contributed by atoms with Crippen LogP contribution in [0.1, 0.15) is 0 Å². The Kier molecular flexibility index (Phi) is 4.61. The van der Waals surface area contributed by atoms with Gasteiger partial charge in [0.15, 0.2) is 0 Å². The van der Waals surface area contributed by atoms with Crippen LogP contribution in [-0.2, 0) is 0 Å². The van der Waals surface area contributed by atoms with Crippen LogP contribution in [0.5, 0.6) is 11.5 Å². The number of fused-ring (bicyclic) bond motifs is 6. The van der Waals surface area contributed by atoms with Gasteiger partial charge >= 0.3 is 0 Å². The van der Waals surface area contributed by atoms with Crippen molar-refractivity contribution in [2.45, 2.75) is 0 Å². The van der Waals surface area contributed by atoms with Crippen molar-refractivity contribution in [2.75, 3.05) is 0 Å². The molecule has 2 aromatic heterocycles. The lowest BCUT2D eigenvalue weighted by Gasteiger charge is -2.23. The van der Waals surface area contributed by atoms with Crippen LogP contribution in [0.2, 0.25) is 0 Å². The molecule has 0 spiro atoms. The highest BCUT2D eigenvalue weighted by atomic mass is 16.5. The quantitative estimate of drug-likeness (QED) is 0.212. The average Bonchev–Trinajstić information content (AvgIpc) is 3.04. The van der Waals surface area contributed by atoms with Gasteiger partial charge in [0.05, 0.1) is 16.7 Å². The summed E-state index contributed by atoms with van der Waals surface area (Å²) in [7, 11) is 0. The number of hydrogen-bond acceptors (Lipinski definition) is 3. The third-order valence-corrected chi connectivity index (χ3v) is 8.32. The zero-order valence-corrected chi connectivity index (χ0v) is 22.0. The molecule has 0 bridgehead atoms. The Morgan fingerprint density at radius 2 is 1.10 bits per heavy atom. The van der Waals surface area contributed by atoms with E-state index in [1.165, 1.54) is 32.8 Å². The monoisotopic (exact) mass is 522 g/mol. The molecule has 0 saturated heterocycles. The average molecular weight is 523 g/mol. The molecule has 3 nitrogen and oxygen atoms in total. The molecule has 190 valence electrons. The summed E-state index contributed by atoms with van der Waals surface area (Å²) in [6, 6.07) is 44.8. The minimum atomic E-state index is 0.903. The lowest BCUT2D eigenvalue weighted by Crippen LogP contribution is -1.98. The highest BCUT2D eigenvalue weighted by Gasteiger charge is 2.22. The summed E-state index contributed by atoms with van der Waals surface area (Å²) in [6.45, 7) is 0. The van der Waals surface area contributed by atoms with Crippen molar-refractivity contribution < 1.29 is 4.74 Å². The highest BCUT2D eigenvalue weighted by molar-refractivity contribution is 6.14. The molecular formula is C38H22N2O. The van der Waals surface area contributed by atoms with E-state index in [-0.39, 0.29) is 0 Å². The SMILES string of the molecule is c1ccc2c(c1)Oc1ccc(-c3ccc(-c4ccc5ccc6cccnc6c5n4)c4ccccc34)c3cccc-2c13. The van der Waals surface area contributed by atoms with Crippen LogP contribution in [0.3, 0.4) is 0 Å². The topological polar surface area (TPSA) is 35.0 Å². The predicted octanol–water partition coefficient (Wildman–Crippen LogP) is 10.2. The Morgan fingerprint density at radius 1 is 0.415 bits per heavy atom. The van der Waals surface area contributed by atoms with Crippen molar-refractivity contribution in [2.24, 2.45) is 0 Å². The third-order valence-electron chi connectivity index (χ3n) is 8.32. The van der Waals surface area contributed by atoms with E-state index in [0.717, 1.165) is 55.5 Å². The van der Waals surface area contributed by atoms with Gasteiger partial charge in [-0.15, -0.1) is 0 Å². The summed E-state index contributed by atoms with van der Waals surface area (Å²) in [6.07, 6.45) is 1.84. The Hall–Kier alpha value is -5.54. The molecule has 0 fully saturated rings. The van der Waals surface area contributed by atoms with E-state index in [9.17, 15) is 0 Å². The molecule has 41 heavy (non-hydrogen) atoms. The van der Waals surface area contributed by atoms with Crippen molar-refractivity contribution in [3.63, 3.8) is 0 Å². The molecule has 0 amide bonds. The molecule has 3 heterocycles. The van der Waals surface area contributed by atoms with Gasteiger partial charge < -0.3 is 4.74 Å². The van der Waals surface area contributed by atoms with E-state index >= 15 is 0 Å². The van der Waals surface area contributed by atoms with Gasteiger partial charge in [-0.05, 0) is 57.1 Å². The lowest BCUT2D eigenvalue weighted by molar-refractivity contribution is 0.487. The van der Waals surface area contributed by atoms with Crippen molar-refractivity contribution in [3.8, 4) is 45.0 Å². The van der Waals surface area contributed by atoms with Crippen molar-refractivity contribution in [1.29, 1.82) is 0 Å². The fourth-order valence-corrected chi connectivity index (χ4v) is 6.45. The molecule has 0 unspecified atom stereocenters. The Balaban J connectivity index is 1.27. The molecule has 0 N–H and O–H groups in total. The van der Waals surface area contributed by atoms with E-state index < -0.39 is 0 Å². The molecule has 9 rings (SSSR count). The van der Waals surface area contributed by atoms with E-state index in [0.29, 0.717) is 0 Å². The van der Waals surface area contributed by atoms with Gasteiger partial charge in [-0.1, -0.05) is 103 Å². The highest BCUT2D eigenvalue weighted by Crippen LogP contribution is 2.49. The molecule has 8 aromatic rings. The molecule has 3 heteroatoms. The first kappa shape index (κ1) is 22.3. The molecule has 0 atom stereocenters. The second-order valence-electron chi connectivity index (χ2n) is 10.6. The summed E-state index contributed by atoms with van der Waals surface area (Å²) in [4.78, 5) is 9.82. The molecule has 1 aliphatic rings. The summed E-state index contributed by atoms with van der Waals surface area (Å²) in [5, 5.41) is 6.90. The second-order valence-corrected chi connectivity index (χ2v) is 10.6.